The van der Waals surface area contributed by atoms with Gasteiger partial charge in [-0.3, -0.25) is 4.79 Å². The van der Waals surface area contributed by atoms with Crippen molar-refractivity contribution in [3.8, 4) is 0 Å². The summed E-state index contributed by atoms with van der Waals surface area (Å²) in [6.07, 6.45) is 3.86. The summed E-state index contributed by atoms with van der Waals surface area (Å²) in [5.74, 6) is 0.244. The third-order valence-electron chi connectivity index (χ3n) is 6.85. The van der Waals surface area contributed by atoms with E-state index in [2.05, 4.69) is 43.7 Å². The second kappa shape index (κ2) is 9.05. The normalized spacial score (nSPS) is 19.6. The molecule has 2 unspecified atom stereocenters. The highest BCUT2D eigenvalue weighted by Gasteiger charge is 2.29. The van der Waals surface area contributed by atoms with Gasteiger partial charge in [0.15, 0.2) is 5.69 Å². The second-order valence-corrected chi connectivity index (χ2v) is 9.21. The van der Waals surface area contributed by atoms with Crippen LogP contribution in [0.2, 0.25) is 5.02 Å². The van der Waals surface area contributed by atoms with Crippen LogP contribution in [0.3, 0.4) is 0 Å². The third-order valence-corrected chi connectivity index (χ3v) is 7.09. The first-order chi connectivity index (χ1) is 16.0. The number of anilines is 1. The van der Waals surface area contributed by atoms with Gasteiger partial charge in [-0.05, 0) is 62.2 Å². The van der Waals surface area contributed by atoms with E-state index in [1.807, 2.05) is 29.4 Å². The number of fused-ring (bicyclic) bond motifs is 1. The quantitative estimate of drug-likeness (QED) is 0.589. The number of imidazole rings is 1. The maximum atomic E-state index is 12.7. The maximum Gasteiger partial charge on any atom is 0.239 e. The molecular weight excluding hydrogens is 436 g/mol. The lowest BCUT2D eigenvalue weighted by Crippen LogP contribution is -2.53. The Morgan fingerprint density at radius 2 is 2.03 bits per heavy atom. The molecule has 2 saturated heterocycles. The number of hydrogen-bond donors (Lipinski definition) is 1. The van der Waals surface area contributed by atoms with Crippen molar-refractivity contribution in [3.63, 3.8) is 0 Å². The molecule has 7 nitrogen and oxygen atoms in total. The Labute approximate surface area is 198 Å². The number of benzene rings is 2. The molecule has 2 atom stereocenters. The molecule has 170 valence electrons. The number of hydrogen-bond acceptors (Lipinski definition) is 4. The van der Waals surface area contributed by atoms with Crippen LogP contribution in [0.1, 0.15) is 31.4 Å². The molecule has 0 saturated carbocycles. The van der Waals surface area contributed by atoms with Gasteiger partial charge in [-0.15, -0.1) is 0 Å². The molecule has 1 amide bonds. The van der Waals surface area contributed by atoms with Crippen LogP contribution in [-0.4, -0.2) is 59.1 Å². The van der Waals surface area contributed by atoms with Crippen molar-refractivity contribution in [1.82, 2.24) is 19.8 Å². The first-order valence-corrected chi connectivity index (χ1v) is 11.8. The first-order valence-electron chi connectivity index (χ1n) is 11.5. The molecule has 3 aromatic rings. The van der Waals surface area contributed by atoms with Gasteiger partial charge in [0.05, 0.1) is 30.0 Å². The molecule has 0 aliphatic carbocycles. The minimum absolute atomic E-state index is 0.00282. The smallest absolute Gasteiger partial charge is 0.239 e. The van der Waals surface area contributed by atoms with Crippen molar-refractivity contribution in [2.45, 2.75) is 31.8 Å². The lowest BCUT2D eigenvalue weighted by Gasteiger charge is -2.37. The largest absolute Gasteiger partial charge is 0.368 e. The fourth-order valence-corrected chi connectivity index (χ4v) is 5.10. The van der Waals surface area contributed by atoms with Crippen molar-refractivity contribution in [2.24, 2.45) is 0 Å². The predicted molar refractivity (Wildman–Crippen MR) is 131 cm³/mol. The minimum Gasteiger partial charge on any atom is -0.368 e. The third kappa shape index (κ3) is 4.17. The molecule has 2 aromatic carbocycles. The Morgan fingerprint density at radius 3 is 2.76 bits per heavy atom. The van der Waals surface area contributed by atoms with Gasteiger partial charge in [0, 0.05) is 42.9 Å². The van der Waals surface area contributed by atoms with Crippen LogP contribution in [0, 0.1) is 6.57 Å². The zero-order chi connectivity index (χ0) is 22.9. The van der Waals surface area contributed by atoms with Crippen LogP contribution in [0.5, 0.6) is 0 Å². The highest BCUT2D eigenvalue weighted by atomic mass is 35.5. The van der Waals surface area contributed by atoms with Crippen LogP contribution in [0.25, 0.3) is 15.9 Å². The molecule has 8 heteroatoms. The topological polar surface area (TPSA) is 57.8 Å². The summed E-state index contributed by atoms with van der Waals surface area (Å²) in [6.45, 7) is 13.7. The van der Waals surface area contributed by atoms with Crippen molar-refractivity contribution in [1.29, 1.82) is 0 Å². The summed E-state index contributed by atoms with van der Waals surface area (Å²) >= 11 is 6.10. The van der Waals surface area contributed by atoms with Gasteiger partial charge in [0.25, 0.3) is 0 Å². The van der Waals surface area contributed by atoms with E-state index in [4.69, 9.17) is 18.2 Å². The molecule has 3 heterocycles. The molecular formula is C25H27ClN6O. The van der Waals surface area contributed by atoms with Gasteiger partial charge in [-0.25, -0.2) is 9.83 Å². The van der Waals surface area contributed by atoms with E-state index < -0.39 is 0 Å². The standard InChI is InChI=1S/C25H27ClN6O/c1-17(20-7-5-18(26)14-23(20)27-2)32-16-29-21-8-6-19(15-24(21)32)30-10-12-31(13-11-30)25(33)22-4-3-9-28-22/h5-8,14-17,22,28H,3-4,9-13H2,1H3. The van der Waals surface area contributed by atoms with Crippen molar-refractivity contribution < 1.29 is 4.79 Å². The SMILES string of the molecule is [C-]#[N+]c1cc(Cl)ccc1C(C)n1cnc2ccc(N3CCN(C(=O)C4CCCN4)CC3)cc21. The van der Waals surface area contributed by atoms with E-state index in [1.54, 1.807) is 6.07 Å². The van der Waals surface area contributed by atoms with Gasteiger partial charge in [0.1, 0.15) is 0 Å². The van der Waals surface area contributed by atoms with Gasteiger partial charge < -0.3 is 19.7 Å². The maximum absolute atomic E-state index is 12.7. The van der Waals surface area contributed by atoms with Crippen molar-refractivity contribution in [3.05, 3.63) is 64.7 Å². The van der Waals surface area contributed by atoms with E-state index in [9.17, 15) is 4.79 Å². The van der Waals surface area contributed by atoms with Crippen LogP contribution in [-0.2, 0) is 4.79 Å². The molecule has 1 N–H and O–H groups in total. The summed E-state index contributed by atoms with van der Waals surface area (Å²) in [4.78, 5) is 25.3. The van der Waals surface area contributed by atoms with E-state index in [1.165, 1.54) is 0 Å². The Bertz CT molecular complexity index is 1220. The van der Waals surface area contributed by atoms with E-state index >= 15 is 0 Å². The van der Waals surface area contributed by atoms with Gasteiger partial charge in [0.2, 0.25) is 5.91 Å². The van der Waals surface area contributed by atoms with Crippen LogP contribution in [0.15, 0.2) is 42.7 Å². The Hall–Kier alpha value is -3.08. The summed E-state index contributed by atoms with van der Waals surface area (Å²) in [5, 5.41) is 3.88. The van der Waals surface area contributed by atoms with Gasteiger partial charge in [-0.1, -0.05) is 17.7 Å². The molecule has 0 radical (unpaired) electrons. The minimum atomic E-state index is -0.0556. The molecule has 1 aromatic heterocycles. The van der Waals surface area contributed by atoms with E-state index in [0.29, 0.717) is 10.7 Å². The van der Waals surface area contributed by atoms with Crippen LogP contribution < -0.4 is 10.2 Å². The first kappa shape index (κ1) is 21.7. The van der Waals surface area contributed by atoms with Crippen molar-refractivity contribution >= 4 is 39.9 Å². The van der Waals surface area contributed by atoms with Gasteiger partial charge in [-0.2, -0.15) is 0 Å². The molecule has 33 heavy (non-hydrogen) atoms. The molecule has 5 rings (SSSR count). The number of rotatable bonds is 4. The van der Waals surface area contributed by atoms with Crippen LogP contribution >= 0.6 is 11.6 Å². The summed E-state index contributed by atoms with van der Waals surface area (Å²) in [5.41, 5.74) is 4.56. The number of piperazine rings is 1. The lowest BCUT2D eigenvalue weighted by molar-refractivity contribution is -0.133. The monoisotopic (exact) mass is 462 g/mol. The molecule has 2 aliphatic heterocycles. The van der Waals surface area contributed by atoms with Gasteiger partial charge >= 0.3 is 0 Å². The average molecular weight is 463 g/mol. The average Bonchev–Trinajstić information content (AvgIpc) is 3.53. The highest BCUT2D eigenvalue weighted by molar-refractivity contribution is 6.30. The van der Waals surface area contributed by atoms with Crippen LogP contribution in [0.4, 0.5) is 11.4 Å². The number of nitrogens with one attached hydrogen (secondary N) is 1. The van der Waals surface area contributed by atoms with E-state index in [-0.39, 0.29) is 18.0 Å². The Balaban J connectivity index is 1.36. The molecule has 2 aliphatic rings. The molecule has 2 fully saturated rings. The number of halogens is 1. The summed E-state index contributed by atoms with van der Waals surface area (Å²) in [6, 6.07) is 11.7. The second-order valence-electron chi connectivity index (χ2n) is 8.78. The summed E-state index contributed by atoms with van der Waals surface area (Å²) < 4.78 is 2.11. The zero-order valence-corrected chi connectivity index (χ0v) is 19.4. The molecule has 0 bridgehead atoms. The zero-order valence-electron chi connectivity index (χ0n) is 18.7. The fraction of sp³-hybridized carbons (Fsp3) is 0.400. The Morgan fingerprint density at radius 1 is 1.21 bits per heavy atom. The van der Waals surface area contributed by atoms with Crippen molar-refractivity contribution in [2.75, 3.05) is 37.6 Å². The predicted octanol–water partition coefficient (Wildman–Crippen LogP) is 4.25. The number of carbonyl (C=O) groups is 1. The number of carbonyl (C=O) groups excluding carboxylic acids is 1. The fourth-order valence-electron chi connectivity index (χ4n) is 4.94. The summed E-state index contributed by atoms with van der Waals surface area (Å²) in [7, 11) is 0. The highest BCUT2D eigenvalue weighted by Crippen LogP contribution is 2.33. The Kier molecular flexibility index (Phi) is 5.96. The number of nitrogens with zero attached hydrogens (tertiary/aromatic N) is 5. The van der Waals surface area contributed by atoms with E-state index in [0.717, 1.165) is 67.8 Å². The number of aromatic nitrogens is 2. The lowest BCUT2D eigenvalue weighted by atomic mass is 10.1. The number of amides is 1. The molecule has 0 spiro atoms.